The molecule has 3 aromatic carbocycles. The Labute approximate surface area is 222 Å². The van der Waals surface area contributed by atoms with Gasteiger partial charge in [-0.1, -0.05) is 41.9 Å². The summed E-state index contributed by atoms with van der Waals surface area (Å²) < 4.78 is 62.5. The number of carbonyl (C=O) groups is 2. The Hall–Kier alpha value is -3.70. The average molecular weight is 565 g/mol. The third-order valence-corrected chi connectivity index (χ3v) is 7.86. The zero-order valence-electron chi connectivity index (χ0n) is 19.8. The molecule has 1 heterocycles. The highest BCUT2D eigenvalue weighted by Crippen LogP contribution is 2.35. The van der Waals surface area contributed by atoms with Crippen molar-refractivity contribution < 1.29 is 36.6 Å². The molecule has 2 N–H and O–H groups in total. The van der Waals surface area contributed by atoms with Gasteiger partial charge in [-0.05, 0) is 48.2 Å². The lowest BCUT2D eigenvalue weighted by Crippen LogP contribution is -2.44. The quantitative estimate of drug-likeness (QED) is 0.422. The summed E-state index contributed by atoms with van der Waals surface area (Å²) in [6.45, 7) is 0.113. The van der Waals surface area contributed by atoms with Crippen LogP contribution in [-0.2, 0) is 10.0 Å². The molecule has 3 aromatic rings. The van der Waals surface area contributed by atoms with Crippen LogP contribution in [0.4, 0.5) is 13.6 Å². The Morgan fingerprint density at radius 3 is 2.42 bits per heavy atom. The van der Waals surface area contributed by atoms with E-state index < -0.39 is 50.2 Å². The molecule has 0 spiro atoms. The van der Waals surface area contributed by atoms with E-state index in [4.69, 9.17) is 16.3 Å². The number of piperidine rings is 1. The van der Waals surface area contributed by atoms with Gasteiger partial charge in [-0.2, -0.15) is 0 Å². The van der Waals surface area contributed by atoms with Gasteiger partial charge in [0.1, 0.15) is 10.7 Å². The van der Waals surface area contributed by atoms with Gasteiger partial charge in [0.15, 0.2) is 11.6 Å². The number of hydrogen-bond donors (Lipinski definition) is 2. The molecule has 12 heteroatoms. The van der Waals surface area contributed by atoms with Crippen molar-refractivity contribution in [1.29, 1.82) is 0 Å². The van der Waals surface area contributed by atoms with Gasteiger partial charge in [0, 0.05) is 35.7 Å². The summed E-state index contributed by atoms with van der Waals surface area (Å²) in [5.74, 6) is -4.81. The molecule has 200 valence electrons. The van der Waals surface area contributed by atoms with Gasteiger partial charge >= 0.3 is 6.09 Å². The van der Waals surface area contributed by atoms with E-state index in [1.807, 2.05) is 0 Å². The van der Waals surface area contributed by atoms with E-state index in [2.05, 4.69) is 0 Å². The molecule has 0 saturated carbocycles. The van der Waals surface area contributed by atoms with Gasteiger partial charge in [-0.3, -0.25) is 4.79 Å². The Kier molecular flexibility index (Phi) is 8.17. The first-order valence-corrected chi connectivity index (χ1v) is 13.4. The van der Waals surface area contributed by atoms with Crippen LogP contribution in [0.1, 0.15) is 28.3 Å². The van der Waals surface area contributed by atoms with Gasteiger partial charge in [0.05, 0.1) is 6.61 Å². The summed E-state index contributed by atoms with van der Waals surface area (Å²) >= 11 is 5.98. The Balaban J connectivity index is 1.57. The number of carboxylic acid groups (broad SMARTS) is 1. The van der Waals surface area contributed by atoms with Crippen LogP contribution in [0.5, 0.6) is 5.75 Å². The molecule has 38 heavy (non-hydrogen) atoms. The van der Waals surface area contributed by atoms with Crippen molar-refractivity contribution in [2.45, 2.75) is 17.2 Å². The molecular formula is C26H23ClF2N2O6S. The van der Waals surface area contributed by atoms with Crippen LogP contribution >= 0.6 is 11.6 Å². The summed E-state index contributed by atoms with van der Waals surface area (Å²) in [6.07, 6.45) is -0.664. The molecule has 1 aliphatic heterocycles. The monoisotopic (exact) mass is 564 g/mol. The maximum Gasteiger partial charge on any atom is 0.407 e. The van der Waals surface area contributed by atoms with Crippen LogP contribution in [0.3, 0.4) is 0 Å². The van der Waals surface area contributed by atoms with E-state index in [0.29, 0.717) is 23.6 Å². The molecule has 0 bridgehead atoms. The summed E-state index contributed by atoms with van der Waals surface area (Å²) in [5, 5.41) is 9.98. The molecule has 2 atom stereocenters. The molecule has 1 aliphatic rings. The predicted molar refractivity (Wildman–Crippen MR) is 135 cm³/mol. The first-order valence-electron chi connectivity index (χ1n) is 11.5. The van der Waals surface area contributed by atoms with Gasteiger partial charge in [0.25, 0.3) is 15.9 Å². The molecule has 1 saturated heterocycles. The molecule has 0 radical (unpaired) electrons. The van der Waals surface area contributed by atoms with Gasteiger partial charge in [0.2, 0.25) is 0 Å². The van der Waals surface area contributed by atoms with Gasteiger partial charge in [-0.25, -0.2) is 26.7 Å². The number of nitrogens with one attached hydrogen (secondary N) is 1. The largest absolute Gasteiger partial charge is 0.490 e. The van der Waals surface area contributed by atoms with E-state index in [0.717, 1.165) is 5.56 Å². The molecule has 8 nitrogen and oxygen atoms in total. The predicted octanol–water partition coefficient (Wildman–Crippen LogP) is 4.90. The minimum atomic E-state index is -4.80. The van der Waals surface area contributed by atoms with Crippen LogP contribution in [0.2, 0.25) is 5.02 Å². The average Bonchev–Trinajstić information content (AvgIpc) is 2.89. The number of amides is 2. The Bertz CT molecular complexity index is 1440. The topological polar surface area (TPSA) is 113 Å². The highest BCUT2D eigenvalue weighted by atomic mass is 35.5. The second-order valence-corrected chi connectivity index (χ2v) is 10.9. The normalized spacial score (nSPS) is 17.6. The van der Waals surface area contributed by atoms with Crippen LogP contribution in [0, 0.1) is 17.6 Å². The highest BCUT2D eigenvalue weighted by molar-refractivity contribution is 7.90. The molecular weight excluding hydrogens is 542 g/mol. The number of nitrogens with zero attached hydrogens (tertiary/aromatic N) is 1. The summed E-state index contributed by atoms with van der Waals surface area (Å²) in [6, 6.07) is 15.5. The lowest BCUT2D eigenvalue weighted by Gasteiger charge is -2.37. The lowest BCUT2D eigenvalue weighted by atomic mass is 9.81. The zero-order valence-corrected chi connectivity index (χ0v) is 21.4. The number of sulfonamides is 1. The minimum Gasteiger partial charge on any atom is -0.490 e. The molecule has 1 fully saturated rings. The SMILES string of the molecule is O=C(NS(=O)(=O)c1cc(F)cc(OC[C@H]2CN(C(=O)O)CC[C@@H]2c2ccc(Cl)cc2)c1F)c1ccccc1. The molecule has 0 aromatic heterocycles. The zero-order chi connectivity index (χ0) is 27.4. The maximum absolute atomic E-state index is 15.3. The standard InChI is InChI=1S/C26H23ClF2N2O6S/c27-19-8-6-16(7-9-19)21-10-11-31(26(33)34)14-18(21)15-37-22-12-20(28)13-23(24(22)29)38(35,36)30-25(32)17-4-2-1-3-5-17/h1-9,12-13,18,21H,10-11,14-15H2,(H,30,32)(H,33,34)/t18-,21-/m1/s1. The van der Waals surface area contributed by atoms with Crippen molar-refractivity contribution in [2.75, 3.05) is 19.7 Å². The van der Waals surface area contributed by atoms with Crippen molar-refractivity contribution >= 4 is 33.6 Å². The van der Waals surface area contributed by atoms with E-state index in [1.165, 1.54) is 29.2 Å². The van der Waals surface area contributed by atoms with Gasteiger partial charge in [-0.15, -0.1) is 0 Å². The second kappa shape index (κ2) is 11.4. The van der Waals surface area contributed by atoms with Crippen LogP contribution < -0.4 is 9.46 Å². The number of halogens is 3. The first kappa shape index (κ1) is 27.3. The fourth-order valence-electron chi connectivity index (χ4n) is 4.39. The van der Waals surface area contributed by atoms with Gasteiger partial charge < -0.3 is 14.7 Å². The smallest absolute Gasteiger partial charge is 0.407 e. The summed E-state index contributed by atoms with van der Waals surface area (Å²) in [4.78, 5) is 24.0. The number of rotatable bonds is 7. The number of likely N-dealkylation sites (tertiary alicyclic amines) is 1. The number of ether oxygens (including phenoxy) is 1. The summed E-state index contributed by atoms with van der Waals surface area (Å²) in [7, 11) is -4.80. The van der Waals surface area contributed by atoms with Crippen molar-refractivity contribution in [3.05, 3.63) is 94.5 Å². The third kappa shape index (κ3) is 6.22. The first-order chi connectivity index (χ1) is 18.0. The van der Waals surface area contributed by atoms with Crippen molar-refractivity contribution in [2.24, 2.45) is 5.92 Å². The highest BCUT2D eigenvalue weighted by Gasteiger charge is 2.34. The number of hydrogen-bond acceptors (Lipinski definition) is 5. The third-order valence-electron chi connectivity index (χ3n) is 6.28. The second-order valence-electron chi connectivity index (χ2n) is 8.76. The van der Waals surface area contributed by atoms with Crippen LogP contribution in [0.15, 0.2) is 71.6 Å². The van der Waals surface area contributed by atoms with Crippen molar-refractivity contribution in [1.82, 2.24) is 9.62 Å². The van der Waals surface area contributed by atoms with Crippen molar-refractivity contribution in [3.8, 4) is 5.75 Å². The summed E-state index contributed by atoms with van der Waals surface area (Å²) in [5.41, 5.74) is 0.887. The lowest BCUT2D eigenvalue weighted by molar-refractivity contribution is 0.0924. The van der Waals surface area contributed by atoms with E-state index in [-0.39, 0.29) is 31.2 Å². The molecule has 0 unspecified atom stereocenters. The molecule has 4 rings (SSSR count). The van der Waals surface area contributed by atoms with Crippen LogP contribution in [-0.4, -0.2) is 50.1 Å². The number of carbonyl (C=O) groups excluding carboxylic acids is 1. The fourth-order valence-corrected chi connectivity index (χ4v) is 5.59. The fraction of sp³-hybridized carbons (Fsp3) is 0.231. The number of benzene rings is 3. The molecule has 0 aliphatic carbocycles. The van der Waals surface area contributed by atoms with E-state index in [9.17, 15) is 27.5 Å². The Morgan fingerprint density at radius 1 is 1.08 bits per heavy atom. The van der Waals surface area contributed by atoms with E-state index in [1.54, 1.807) is 35.1 Å². The maximum atomic E-state index is 15.3. The van der Waals surface area contributed by atoms with Crippen molar-refractivity contribution in [3.63, 3.8) is 0 Å². The minimum absolute atomic E-state index is 0.0119. The van der Waals surface area contributed by atoms with Crippen LogP contribution in [0.25, 0.3) is 0 Å². The Morgan fingerprint density at radius 2 is 1.76 bits per heavy atom. The molecule has 2 amide bonds. The van der Waals surface area contributed by atoms with E-state index >= 15 is 4.39 Å².